The summed E-state index contributed by atoms with van der Waals surface area (Å²) in [6, 6.07) is 13.2. The standard InChI is InChI=1S/C22H28BrNO4/c1-4-27-20-12-17(13-24-19(22(25)26)10-15(2)3)11-18(23)21(20)28-14-16-8-6-5-7-9-16/h5-9,11-12,15,19,24H,4,10,13-14H2,1-3H3,(H,25,26). The number of carboxylic acid groups (broad SMARTS) is 1. The first-order chi connectivity index (χ1) is 13.4. The van der Waals surface area contributed by atoms with E-state index < -0.39 is 12.0 Å². The molecule has 2 rings (SSSR count). The summed E-state index contributed by atoms with van der Waals surface area (Å²) in [7, 11) is 0. The van der Waals surface area contributed by atoms with Gasteiger partial charge in [0, 0.05) is 6.54 Å². The second kappa shape index (κ2) is 11.1. The zero-order valence-electron chi connectivity index (χ0n) is 16.6. The first-order valence-corrected chi connectivity index (χ1v) is 10.3. The van der Waals surface area contributed by atoms with Gasteiger partial charge in [-0.3, -0.25) is 4.79 Å². The van der Waals surface area contributed by atoms with E-state index in [1.54, 1.807) is 0 Å². The number of benzene rings is 2. The SMILES string of the molecule is CCOc1cc(CNC(CC(C)C)C(=O)O)cc(Br)c1OCc1ccccc1. The lowest BCUT2D eigenvalue weighted by molar-refractivity contribution is -0.140. The van der Waals surface area contributed by atoms with E-state index in [2.05, 4.69) is 21.2 Å². The van der Waals surface area contributed by atoms with Crippen molar-refractivity contribution in [2.45, 2.75) is 46.4 Å². The largest absolute Gasteiger partial charge is 0.490 e. The lowest BCUT2D eigenvalue weighted by atomic mass is 10.0. The first kappa shape index (κ1) is 22.2. The highest BCUT2D eigenvalue weighted by Gasteiger charge is 2.19. The van der Waals surface area contributed by atoms with Crippen LogP contribution in [0.4, 0.5) is 0 Å². The molecule has 0 fully saturated rings. The Morgan fingerprint density at radius 1 is 1.14 bits per heavy atom. The van der Waals surface area contributed by atoms with Crippen molar-refractivity contribution in [3.8, 4) is 11.5 Å². The van der Waals surface area contributed by atoms with Crippen LogP contribution in [0.5, 0.6) is 11.5 Å². The maximum Gasteiger partial charge on any atom is 0.320 e. The fourth-order valence-electron chi connectivity index (χ4n) is 2.84. The molecule has 0 radical (unpaired) electrons. The van der Waals surface area contributed by atoms with Crippen molar-refractivity contribution in [2.24, 2.45) is 5.92 Å². The van der Waals surface area contributed by atoms with E-state index in [4.69, 9.17) is 9.47 Å². The van der Waals surface area contributed by atoms with Gasteiger partial charge in [0.2, 0.25) is 0 Å². The zero-order chi connectivity index (χ0) is 20.5. The number of carboxylic acids is 1. The molecule has 0 aliphatic heterocycles. The average Bonchev–Trinajstić information content (AvgIpc) is 2.65. The summed E-state index contributed by atoms with van der Waals surface area (Å²) in [5.74, 6) is 0.750. The van der Waals surface area contributed by atoms with Crippen molar-refractivity contribution >= 4 is 21.9 Å². The molecule has 152 valence electrons. The van der Waals surface area contributed by atoms with E-state index in [-0.39, 0.29) is 0 Å². The van der Waals surface area contributed by atoms with Gasteiger partial charge in [-0.05, 0) is 58.5 Å². The lowest BCUT2D eigenvalue weighted by Gasteiger charge is -2.18. The van der Waals surface area contributed by atoms with Crippen LogP contribution in [0.15, 0.2) is 46.9 Å². The van der Waals surface area contributed by atoms with Gasteiger partial charge in [-0.25, -0.2) is 0 Å². The molecule has 6 heteroatoms. The van der Waals surface area contributed by atoms with Gasteiger partial charge in [-0.2, -0.15) is 0 Å². The minimum Gasteiger partial charge on any atom is -0.490 e. The fraction of sp³-hybridized carbons (Fsp3) is 0.409. The number of nitrogens with one attached hydrogen (secondary N) is 1. The highest BCUT2D eigenvalue weighted by Crippen LogP contribution is 2.37. The summed E-state index contributed by atoms with van der Waals surface area (Å²) < 4.78 is 12.5. The molecule has 0 aliphatic carbocycles. The number of hydrogen-bond acceptors (Lipinski definition) is 4. The Morgan fingerprint density at radius 2 is 1.86 bits per heavy atom. The first-order valence-electron chi connectivity index (χ1n) is 9.48. The number of halogens is 1. The molecule has 0 amide bonds. The highest BCUT2D eigenvalue weighted by atomic mass is 79.9. The third kappa shape index (κ3) is 6.84. The van der Waals surface area contributed by atoms with Crippen LogP contribution in [0.25, 0.3) is 0 Å². The summed E-state index contributed by atoms with van der Waals surface area (Å²) in [5, 5.41) is 12.5. The smallest absolute Gasteiger partial charge is 0.320 e. The van der Waals surface area contributed by atoms with Gasteiger partial charge in [-0.1, -0.05) is 44.2 Å². The second-order valence-electron chi connectivity index (χ2n) is 7.01. The van der Waals surface area contributed by atoms with Gasteiger partial charge in [0.05, 0.1) is 11.1 Å². The molecule has 28 heavy (non-hydrogen) atoms. The molecule has 0 saturated heterocycles. The van der Waals surface area contributed by atoms with Gasteiger partial charge < -0.3 is 19.9 Å². The molecule has 2 aromatic carbocycles. The van der Waals surface area contributed by atoms with Gasteiger partial charge in [-0.15, -0.1) is 0 Å². The summed E-state index contributed by atoms with van der Waals surface area (Å²) in [6.45, 7) is 7.33. The van der Waals surface area contributed by atoms with Crippen molar-refractivity contribution in [3.05, 3.63) is 58.1 Å². The summed E-state index contributed by atoms with van der Waals surface area (Å²) in [5.41, 5.74) is 2.00. The third-order valence-electron chi connectivity index (χ3n) is 4.15. The van der Waals surface area contributed by atoms with E-state index in [0.717, 1.165) is 15.6 Å². The maximum absolute atomic E-state index is 11.5. The van der Waals surface area contributed by atoms with Crippen LogP contribution in [-0.2, 0) is 17.9 Å². The number of ether oxygens (including phenoxy) is 2. The fourth-order valence-corrected chi connectivity index (χ4v) is 3.44. The molecule has 5 nitrogen and oxygen atoms in total. The molecule has 0 saturated carbocycles. The van der Waals surface area contributed by atoms with E-state index >= 15 is 0 Å². The van der Waals surface area contributed by atoms with Crippen molar-refractivity contribution in [1.29, 1.82) is 0 Å². The van der Waals surface area contributed by atoms with Gasteiger partial charge in [0.1, 0.15) is 12.6 Å². The molecule has 0 aliphatic rings. The quantitative estimate of drug-likeness (QED) is 0.504. The molecular formula is C22H28BrNO4. The zero-order valence-corrected chi connectivity index (χ0v) is 18.2. The second-order valence-corrected chi connectivity index (χ2v) is 7.87. The number of carbonyl (C=O) groups is 1. The van der Waals surface area contributed by atoms with Gasteiger partial charge in [0.25, 0.3) is 0 Å². The molecular weight excluding hydrogens is 422 g/mol. The van der Waals surface area contributed by atoms with Crippen LogP contribution < -0.4 is 14.8 Å². The Bertz CT molecular complexity index is 765. The molecule has 2 aromatic rings. The Hall–Kier alpha value is -2.05. The Balaban J connectivity index is 2.13. The molecule has 1 atom stereocenters. The number of aliphatic carboxylic acids is 1. The molecule has 0 spiro atoms. The van der Waals surface area contributed by atoms with E-state index in [0.29, 0.717) is 43.6 Å². The normalized spacial score (nSPS) is 12.0. The maximum atomic E-state index is 11.5. The van der Waals surface area contributed by atoms with E-state index in [1.807, 2.05) is 63.2 Å². The average molecular weight is 450 g/mol. The summed E-state index contributed by atoms with van der Waals surface area (Å²) in [6.07, 6.45) is 0.576. The topological polar surface area (TPSA) is 67.8 Å². The Morgan fingerprint density at radius 3 is 2.46 bits per heavy atom. The van der Waals surface area contributed by atoms with Crippen molar-refractivity contribution in [2.75, 3.05) is 6.61 Å². The predicted molar refractivity (Wildman–Crippen MR) is 114 cm³/mol. The van der Waals surface area contributed by atoms with Crippen LogP contribution in [-0.4, -0.2) is 23.7 Å². The van der Waals surface area contributed by atoms with Crippen LogP contribution in [0.3, 0.4) is 0 Å². The predicted octanol–water partition coefficient (Wildman–Crippen LogP) is 5.02. The van der Waals surface area contributed by atoms with Crippen LogP contribution >= 0.6 is 15.9 Å². The summed E-state index contributed by atoms with van der Waals surface area (Å²) >= 11 is 3.57. The molecule has 2 N–H and O–H groups in total. The molecule has 0 heterocycles. The lowest BCUT2D eigenvalue weighted by Crippen LogP contribution is -2.37. The minimum atomic E-state index is -0.833. The van der Waals surface area contributed by atoms with Crippen LogP contribution in [0.2, 0.25) is 0 Å². The van der Waals surface area contributed by atoms with Crippen LogP contribution in [0.1, 0.15) is 38.3 Å². The third-order valence-corrected chi connectivity index (χ3v) is 4.74. The molecule has 0 aromatic heterocycles. The van der Waals surface area contributed by atoms with Gasteiger partial charge in [0.15, 0.2) is 11.5 Å². The molecule has 1 unspecified atom stereocenters. The van der Waals surface area contributed by atoms with Crippen molar-refractivity contribution < 1.29 is 19.4 Å². The minimum absolute atomic E-state index is 0.299. The highest BCUT2D eigenvalue weighted by molar-refractivity contribution is 9.10. The Kier molecular flexibility index (Phi) is 8.80. The number of hydrogen-bond donors (Lipinski definition) is 2. The summed E-state index contributed by atoms with van der Waals surface area (Å²) in [4.78, 5) is 11.5. The Labute approximate surface area is 175 Å². The van der Waals surface area contributed by atoms with E-state index in [9.17, 15) is 9.90 Å². The number of rotatable bonds is 11. The van der Waals surface area contributed by atoms with Crippen molar-refractivity contribution in [3.63, 3.8) is 0 Å². The van der Waals surface area contributed by atoms with E-state index in [1.165, 1.54) is 0 Å². The monoisotopic (exact) mass is 449 g/mol. The molecule has 0 bridgehead atoms. The van der Waals surface area contributed by atoms with Crippen molar-refractivity contribution in [1.82, 2.24) is 5.32 Å². The van der Waals surface area contributed by atoms with Crippen LogP contribution in [0, 0.1) is 5.92 Å². The van der Waals surface area contributed by atoms with Gasteiger partial charge >= 0.3 is 5.97 Å².